The summed E-state index contributed by atoms with van der Waals surface area (Å²) in [5, 5.41) is 11.7. The molecule has 1 spiro atoms. The number of aliphatic hydroxyl groups is 1. The zero-order chi connectivity index (χ0) is 23.8. The number of carbonyl (C=O) groups is 1. The van der Waals surface area contributed by atoms with Crippen LogP contribution in [-0.2, 0) is 14.3 Å². The van der Waals surface area contributed by atoms with Crippen LogP contribution in [0.5, 0.6) is 0 Å². The molecule has 0 amide bonds. The molecule has 188 valence electrons. The van der Waals surface area contributed by atoms with Crippen LogP contribution in [0.3, 0.4) is 0 Å². The second-order valence-corrected chi connectivity index (χ2v) is 13.6. The Labute approximate surface area is 201 Å². The third-order valence-electron chi connectivity index (χ3n) is 11.6. The molecule has 0 radical (unpaired) electrons. The first kappa shape index (κ1) is 24.1. The quantitative estimate of drug-likeness (QED) is 0.382. The van der Waals surface area contributed by atoms with Crippen LogP contribution < -0.4 is 0 Å². The third-order valence-corrected chi connectivity index (χ3v) is 11.6. The first-order valence-electron chi connectivity index (χ1n) is 14.1. The topological polar surface area (TPSA) is 59.1 Å². The molecule has 5 aliphatic rings. The number of fused-ring (bicyclic) bond motifs is 4. The second-order valence-electron chi connectivity index (χ2n) is 13.6. The molecular formula is C29H48O4. The van der Waals surface area contributed by atoms with Gasteiger partial charge in [0.25, 0.3) is 0 Å². The minimum absolute atomic E-state index is 0.0549. The summed E-state index contributed by atoms with van der Waals surface area (Å²) >= 11 is 0. The van der Waals surface area contributed by atoms with Gasteiger partial charge in [-0.2, -0.15) is 0 Å². The zero-order valence-corrected chi connectivity index (χ0v) is 21.9. The number of hydrogen-bond acceptors (Lipinski definition) is 4. The fourth-order valence-corrected chi connectivity index (χ4v) is 9.98. The van der Waals surface area contributed by atoms with Crippen molar-refractivity contribution in [3.05, 3.63) is 0 Å². The van der Waals surface area contributed by atoms with Gasteiger partial charge in [-0.3, -0.25) is 4.79 Å². The molecule has 5 rings (SSSR count). The Balaban J connectivity index is 1.34. The largest absolute Gasteiger partial charge is 0.462 e. The standard InChI is InChI=1S/C29H48O4/c1-17(2)8-7-9-18(3)21-10-11-22-24-23(13-14-27(21,22)5)28(6)15-12-20(32-19(4)30)16-29(28)26(33-29)25(24)31/h17-18,20-26,31H,7-16H2,1-6H3/t18-,20+,21-,22+,23+,24+,25+,26+,27-,28-,29+/m1/s1. The molecule has 33 heavy (non-hydrogen) atoms. The van der Waals surface area contributed by atoms with Crippen LogP contribution in [0.15, 0.2) is 0 Å². The van der Waals surface area contributed by atoms with Crippen LogP contribution in [0.2, 0.25) is 0 Å². The normalized spacial score (nSPS) is 51.2. The molecule has 1 saturated heterocycles. The van der Waals surface area contributed by atoms with Gasteiger partial charge in [0.2, 0.25) is 0 Å². The summed E-state index contributed by atoms with van der Waals surface area (Å²) in [6.07, 6.45) is 11.5. The maximum absolute atomic E-state index is 11.7. The number of esters is 1. The smallest absolute Gasteiger partial charge is 0.302 e. The van der Waals surface area contributed by atoms with E-state index in [-0.39, 0.29) is 35.3 Å². The van der Waals surface area contributed by atoms with Gasteiger partial charge in [0.15, 0.2) is 0 Å². The highest BCUT2D eigenvalue weighted by Gasteiger charge is 2.79. The lowest BCUT2D eigenvalue weighted by molar-refractivity contribution is -0.166. The lowest BCUT2D eigenvalue weighted by Gasteiger charge is -2.60. The molecule has 0 aromatic heterocycles. The molecule has 0 bridgehead atoms. The van der Waals surface area contributed by atoms with Crippen molar-refractivity contribution in [2.45, 2.75) is 130 Å². The average Bonchev–Trinajstić information content (AvgIpc) is 3.35. The molecule has 4 nitrogen and oxygen atoms in total. The number of rotatable bonds is 6. The first-order valence-corrected chi connectivity index (χ1v) is 14.1. The number of aliphatic hydroxyl groups excluding tert-OH is 1. The van der Waals surface area contributed by atoms with E-state index >= 15 is 0 Å². The van der Waals surface area contributed by atoms with Crippen molar-refractivity contribution < 1.29 is 19.4 Å². The van der Waals surface area contributed by atoms with Crippen molar-refractivity contribution >= 4 is 5.97 Å². The van der Waals surface area contributed by atoms with Gasteiger partial charge in [-0.15, -0.1) is 0 Å². The van der Waals surface area contributed by atoms with Crippen molar-refractivity contribution in [3.8, 4) is 0 Å². The number of hydrogen-bond donors (Lipinski definition) is 1. The Morgan fingerprint density at radius 1 is 1.06 bits per heavy atom. The Morgan fingerprint density at radius 2 is 1.82 bits per heavy atom. The predicted octanol–water partition coefficient (Wildman–Crippen LogP) is 6.14. The van der Waals surface area contributed by atoms with Gasteiger partial charge < -0.3 is 14.6 Å². The van der Waals surface area contributed by atoms with Gasteiger partial charge in [-0.05, 0) is 79.4 Å². The molecule has 4 aliphatic carbocycles. The highest BCUT2D eigenvalue weighted by Crippen LogP contribution is 2.74. The van der Waals surface area contributed by atoms with E-state index in [0.717, 1.165) is 37.0 Å². The van der Waals surface area contributed by atoms with Crippen molar-refractivity contribution in [2.75, 3.05) is 0 Å². The lowest BCUT2D eigenvalue weighted by Crippen LogP contribution is -2.63. The molecule has 4 heteroatoms. The van der Waals surface area contributed by atoms with E-state index < -0.39 is 0 Å². The summed E-state index contributed by atoms with van der Waals surface area (Å²) in [4.78, 5) is 11.6. The van der Waals surface area contributed by atoms with Gasteiger partial charge in [-0.25, -0.2) is 0 Å². The molecule has 4 saturated carbocycles. The van der Waals surface area contributed by atoms with E-state index in [1.54, 1.807) is 0 Å². The monoisotopic (exact) mass is 460 g/mol. The van der Waals surface area contributed by atoms with Gasteiger partial charge >= 0.3 is 5.97 Å². The zero-order valence-electron chi connectivity index (χ0n) is 21.9. The minimum Gasteiger partial charge on any atom is -0.462 e. The molecule has 0 aromatic rings. The molecule has 11 atom stereocenters. The van der Waals surface area contributed by atoms with Crippen LogP contribution >= 0.6 is 0 Å². The van der Waals surface area contributed by atoms with E-state index in [2.05, 4.69) is 34.6 Å². The maximum Gasteiger partial charge on any atom is 0.302 e. The molecule has 1 heterocycles. The second kappa shape index (κ2) is 8.22. The summed E-state index contributed by atoms with van der Waals surface area (Å²) in [7, 11) is 0. The molecule has 1 N–H and O–H groups in total. The van der Waals surface area contributed by atoms with E-state index in [0.29, 0.717) is 23.2 Å². The summed E-state index contributed by atoms with van der Waals surface area (Å²) in [5.74, 6) is 3.69. The van der Waals surface area contributed by atoms with Crippen LogP contribution in [0.25, 0.3) is 0 Å². The van der Waals surface area contributed by atoms with Crippen LogP contribution in [0, 0.1) is 46.3 Å². The van der Waals surface area contributed by atoms with Gasteiger partial charge in [0, 0.05) is 18.8 Å². The molecule has 5 fully saturated rings. The van der Waals surface area contributed by atoms with Gasteiger partial charge in [-0.1, -0.05) is 53.9 Å². The van der Waals surface area contributed by atoms with Crippen molar-refractivity contribution in [1.29, 1.82) is 0 Å². The highest BCUT2D eigenvalue weighted by atomic mass is 16.6. The fourth-order valence-electron chi connectivity index (χ4n) is 9.98. The van der Waals surface area contributed by atoms with Crippen molar-refractivity contribution in [3.63, 3.8) is 0 Å². The first-order chi connectivity index (χ1) is 15.5. The highest BCUT2D eigenvalue weighted by molar-refractivity contribution is 5.66. The fraction of sp³-hybridized carbons (Fsp3) is 0.966. The van der Waals surface area contributed by atoms with Crippen LogP contribution in [0.1, 0.15) is 106 Å². The minimum atomic E-state index is -0.362. The summed E-state index contributed by atoms with van der Waals surface area (Å²) in [5.41, 5.74) is 0.182. The van der Waals surface area contributed by atoms with Gasteiger partial charge in [0.1, 0.15) is 17.8 Å². The van der Waals surface area contributed by atoms with E-state index in [9.17, 15) is 9.90 Å². The summed E-state index contributed by atoms with van der Waals surface area (Å²) in [6, 6.07) is 0. The predicted molar refractivity (Wildman–Crippen MR) is 130 cm³/mol. The third kappa shape index (κ3) is 3.55. The van der Waals surface area contributed by atoms with Crippen molar-refractivity contribution in [1.82, 2.24) is 0 Å². The van der Waals surface area contributed by atoms with Crippen molar-refractivity contribution in [2.24, 2.45) is 46.3 Å². The number of carbonyl (C=O) groups excluding carboxylic acids is 1. The van der Waals surface area contributed by atoms with E-state index in [4.69, 9.17) is 9.47 Å². The molecule has 0 aromatic carbocycles. The lowest BCUT2D eigenvalue weighted by atomic mass is 9.43. The maximum atomic E-state index is 11.7. The molecule has 0 unspecified atom stereocenters. The SMILES string of the molecule is CC(=O)O[C@H]1CC[C@]2(C)[C@H]3CC[C@]4(C)[C@@H]([C@H](C)CCCC(C)C)CC[C@H]4[C@@H]3[C@H](O)[C@@H]3O[C@@]32C1. The Kier molecular flexibility index (Phi) is 6.00. The van der Waals surface area contributed by atoms with Crippen LogP contribution in [-0.4, -0.2) is 35.0 Å². The molecular weight excluding hydrogens is 412 g/mol. The number of epoxide rings is 1. The van der Waals surface area contributed by atoms with E-state index in [1.807, 2.05) is 0 Å². The Morgan fingerprint density at radius 3 is 2.52 bits per heavy atom. The Hall–Kier alpha value is -0.610. The average molecular weight is 461 g/mol. The number of ether oxygens (including phenoxy) is 2. The van der Waals surface area contributed by atoms with E-state index in [1.165, 1.54) is 51.9 Å². The molecule has 1 aliphatic heterocycles. The summed E-state index contributed by atoms with van der Waals surface area (Å²) in [6.45, 7) is 13.7. The van der Waals surface area contributed by atoms with Gasteiger partial charge in [0.05, 0.1) is 6.10 Å². The Bertz CT molecular complexity index is 765. The summed E-state index contributed by atoms with van der Waals surface area (Å²) < 4.78 is 12.1. The van der Waals surface area contributed by atoms with Crippen LogP contribution in [0.4, 0.5) is 0 Å².